The molecule has 0 amide bonds. The molecule has 1 saturated heterocycles. The van der Waals surface area contributed by atoms with Crippen LogP contribution in [0.1, 0.15) is 12.0 Å². The molecule has 0 radical (unpaired) electrons. The predicted molar refractivity (Wildman–Crippen MR) is 75.0 cm³/mol. The van der Waals surface area contributed by atoms with Gasteiger partial charge in [0.15, 0.2) is 0 Å². The Morgan fingerprint density at radius 3 is 2.88 bits per heavy atom. The molecule has 0 saturated carbocycles. The zero-order valence-corrected chi connectivity index (χ0v) is 11.2. The number of hydrogen-bond acceptors (Lipinski definition) is 3. The van der Waals surface area contributed by atoms with Gasteiger partial charge in [-0.2, -0.15) is 0 Å². The predicted octanol–water partition coefficient (Wildman–Crippen LogP) is 2.20. The number of methoxy groups -OCH3 is 1. The molecule has 1 heterocycles. The lowest BCUT2D eigenvalue weighted by Crippen LogP contribution is -2.22. The zero-order chi connectivity index (χ0) is 12.4. The van der Waals surface area contributed by atoms with Crippen molar-refractivity contribution in [3.8, 4) is 0 Å². The number of hydrogen-bond donors (Lipinski definition) is 1. The Bertz CT molecular complexity index is 439. The van der Waals surface area contributed by atoms with Gasteiger partial charge in [-0.25, -0.2) is 0 Å². The molecule has 1 fully saturated rings. The standard InChI is InChI=1S/C12H15ClN2OS/c1-16-9-4-5-15(7-9)11-3-2-8(12(14)17)6-10(11)13/h2-3,6,9H,4-5,7H2,1H3,(H2,14,17). The monoisotopic (exact) mass is 270 g/mol. The number of anilines is 1. The second-order valence-electron chi connectivity index (χ2n) is 4.12. The lowest BCUT2D eigenvalue weighted by molar-refractivity contribution is 0.121. The molecule has 3 nitrogen and oxygen atoms in total. The van der Waals surface area contributed by atoms with E-state index < -0.39 is 0 Å². The van der Waals surface area contributed by atoms with Crippen LogP contribution in [-0.4, -0.2) is 31.3 Å². The molecule has 1 aliphatic heterocycles. The Labute approximate surface area is 111 Å². The summed E-state index contributed by atoms with van der Waals surface area (Å²) < 4.78 is 5.34. The van der Waals surface area contributed by atoms with Crippen LogP contribution in [0.15, 0.2) is 18.2 Å². The summed E-state index contributed by atoms with van der Waals surface area (Å²) in [5, 5.41) is 0.687. The Kier molecular flexibility index (Phi) is 3.86. The van der Waals surface area contributed by atoms with Gasteiger partial charge < -0.3 is 15.4 Å². The van der Waals surface area contributed by atoms with E-state index in [1.165, 1.54) is 0 Å². The highest BCUT2D eigenvalue weighted by Gasteiger charge is 2.23. The number of thiocarbonyl (C=S) groups is 1. The first-order chi connectivity index (χ1) is 8.11. The van der Waals surface area contributed by atoms with Gasteiger partial charge >= 0.3 is 0 Å². The average molecular weight is 271 g/mol. The topological polar surface area (TPSA) is 38.5 Å². The number of halogens is 1. The molecule has 17 heavy (non-hydrogen) atoms. The molecule has 2 N–H and O–H groups in total. The summed E-state index contributed by atoms with van der Waals surface area (Å²) in [5.41, 5.74) is 7.39. The summed E-state index contributed by atoms with van der Waals surface area (Å²) in [6.45, 7) is 1.84. The van der Waals surface area contributed by atoms with Crippen LogP contribution in [0.25, 0.3) is 0 Å². The first-order valence-corrected chi connectivity index (χ1v) is 6.27. The summed E-state index contributed by atoms with van der Waals surface area (Å²) in [6, 6.07) is 5.69. The highest BCUT2D eigenvalue weighted by atomic mass is 35.5. The van der Waals surface area contributed by atoms with Crippen LogP contribution >= 0.6 is 23.8 Å². The molecule has 1 unspecified atom stereocenters. The first kappa shape index (κ1) is 12.6. The van der Waals surface area contributed by atoms with Gasteiger partial charge in [-0.1, -0.05) is 23.8 Å². The summed E-state index contributed by atoms with van der Waals surface area (Å²) in [5.74, 6) is 0. The fourth-order valence-corrected chi connectivity index (χ4v) is 2.48. The third kappa shape index (κ3) is 2.70. The van der Waals surface area contributed by atoms with E-state index >= 15 is 0 Å². The molecule has 0 spiro atoms. The number of nitrogens with zero attached hydrogens (tertiary/aromatic N) is 1. The number of rotatable bonds is 3. The molecular formula is C12H15ClN2OS. The summed E-state index contributed by atoms with van der Waals surface area (Å²) in [6.07, 6.45) is 1.32. The van der Waals surface area contributed by atoms with Gasteiger partial charge in [0, 0.05) is 25.8 Å². The van der Waals surface area contributed by atoms with Crippen molar-refractivity contribution in [1.29, 1.82) is 0 Å². The van der Waals surface area contributed by atoms with Crippen molar-refractivity contribution in [3.05, 3.63) is 28.8 Å². The van der Waals surface area contributed by atoms with Crippen LogP contribution < -0.4 is 10.6 Å². The highest BCUT2D eigenvalue weighted by molar-refractivity contribution is 7.80. The smallest absolute Gasteiger partial charge is 0.104 e. The summed E-state index contributed by atoms with van der Waals surface area (Å²) >= 11 is 11.2. The fourth-order valence-electron chi connectivity index (χ4n) is 2.06. The molecule has 1 atom stereocenters. The van der Waals surface area contributed by atoms with Gasteiger partial charge in [0.2, 0.25) is 0 Å². The second-order valence-corrected chi connectivity index (χ2v) is 4.97. The number of benzene rings is 1. The average Bonchev–Trinajstić information content (AvgIpc) is 2.77. The van der Waals surface area contributed by atoms with E-state index in [-0.39, 0.29) is 0 Å². The van der Waals surface area contributed by atoms with Gasteiger partial charge in [-0.05, 0) is 24.6 Å². The van der Waals surface area contributed by atoms with Crippen molar-refractivity contribution >= 4 is 34.5 Å². The molecular weight excluding hydrogens is 256 g/mol. The number of ether oxygens (including phenoxy) is 1. The van der Waals surface area contributed by atoms with Crippen LogP contribution in [0, 0.1) is 0 Å². The van der Waals surface area contributed by atoms with E-state index in [4.69, 9.17) is 34.3 Å². The number of nitrogens with two attached hydrogens (primary N) is 1. The van der Waals surface area contributed by atoms with Gasteiger partial charge in [0.25, 0.3) is 0 Å². The third-order valence-corrected chi connectivity index (χ3v) is 3.59. The third-order valence-electron chi connectivity index (χ3n) is 3.05. The normalized spacial score (nSPS) is 19.6. The van der Waals surface area contributed by atoms with E-state index in [0.29, 0.717) is 16.1 Å². The van der Waals surface area contributed by atoms with Gasteiger partial charge in [-0.15, -0.1) is 0 Å². The molecule has 1 aliphatic rings. The van der Waals surface area contributed by atoms with Crippen LogP contribution in [0.5, 0.6) is 0 Å². The maximum Gasteiger partial charge on any atom is 0.104 e. The maximum absolute atomic E-state index is 6.25. The molecule has 0 aromatic heterocycles. The zero-order valence-electron chi connectivity index (χ0n) is 9.65. The van der Waals surface area contributed by atoms with Crippen molar-refractivity contribution in [1.82, 2.24) is 0 Å². The van der Waals surface area contributed by atoms with Crippen LogP contribution in [-0.2, 0) is 4.74 Å². The molecule has 0 aliphatic carbocycles. The first-order valence-electron chi connectivity index (χ1n) is 5.49. The lowest BCUT2D eigenvalue weighted by atomic mass is 10.2. The fraction of sp³-hybridized carbons (Fsp3) is 0.417. The minimum atomic E-state index is 0.293. The summed E-state index contributed by atoms with van der Waals surface area (Å²) in [4.78, 5) is 2.59. The Morgan fingerprint density at radius 1 is 1.59 bits per heavy atom. The molecule has 5 heteroatoms. The van der Waals surface area contributed by atoms with Crippen molar-refractivity contribution in [2.24, 2.45) is 5.73 Å². The van der Waals surface area contributed by atoms with E-state index in [1.54, 1.807) is 7.11 Å². The molecule has 2 rings (SSSR count). The van der Waals surface area contributed by atoms with Crippen molar-refractivity contribution in [2.75, 3.05) is 25.1 Å². The lowest BCUT2D eigenvalue weighted by Gasteiger charge is -2.20. The van der Waals surface area contributed by atoms with Crippen molar-refractivity contribution in [3.63, 3.8) is 0 Å². The van der Waals surface area contributed by atoms with E-state index in [1.807, 2.05) is 18.2 Å². The minimum Gasteiger partial charge on any atom is -0.389 e. The summed E-state index contributed by atoms with van der Waals surface area (Å²) in [7, 11) is 1.74. The van der Waals surface area contributed by atoms with Gasteiger partial charge in [-0.3, -0.25) is 0 Å². The van der Waals surface area contributed by atoms with Crippen molar-refractivity contribution in [2.45, 2.75) is 12.5 Å². The van der Waals surface area contributed by atoms with Crippen LogP contribution in [0.2, 0.25) is 5.02 Å². The van der Waals surface area contributed by atoms with Gasteiger partial charge in [0.05, 0.1) is 16.8 Å². The highest BCUT2D eigenvalue weighted by Crippen LogP contribution is 2.30. The van der Waals surface area contributed by atoms with Crippen LogP contribution in [0.4, 0.5) is 5.69 Å². The van der Waals surface area contributed by atoms with E-state index in [2.05, 4.69) is 4.90 Å². The Morgan fingerprint density at radius 2 is 2.35 bits per heavy atom. The maximum atomic E-state index is 6.25. The SMILES string of the molecule is COC1CCN(c2ccc(C(N)=S)cc2Cl)C1. The minimum absolute atomic E-state index is 0.293. The Hall–Kier alpha value is -0.840. The molecule has 0 bridgehead atoms. The quantitative estimate of drug-likeness (QED) is 0.855. The molecule has 1 aromatic rings. The van der Waals surface area contributed by atoms with Crippen molar-refractivity contribution < 1.29 is 4.74 Å². The molecule has 1 aromatic carbocycles. The Balaban J connectivity index is 2.20. The largest absolute Gasteiger partial charge is 0.389 e. The van der Waals surface area contributed by atoms with E-state index in [9.17, 15) is 0 Å². The molecule has 92 valence electrons. The van der Waals surface area contributed by atoms with Gasteiger partial charge in [0.1, 0.15) is 4.99 Å². The second kappa shape index (κ2) is 5.21. The van der Waals surface area contributed by atoms with Crippen LogP contribution in [0.3, 0.4) is 0 Å². The van der Waals surface area contributed by atoms with E-state index in [0.717, 1.165) is 30.8 Å².